The van der Waals surface area contributed by atoms with Gasteiger partial charge in [-0.1, -0.05) is 32.8 Å². The van der Waals surface area contributed by atoms with Crippen molar-refractivity contribution in [3.63, 3.8) is 0 Å². The van der Waals surface area contributed by atoms with Crippen molar-refractivity contribution < 1.29 is 0 Å². The van der Waals surface area contributed by atoms with E-state index in [4.69, 9.17) is 0 Å². The van der Waals surface area contributed by atoms with Crippen molar-refractivity contribution in [3.05, 3.63) is 24.3 Å². The normalized spacial score (nSPS) is 24.2. The molecule has 2 rings (SSSR count). The van der Waals surface area contributed by atoms with Crippen molar-refractivity contribution in [3.8, 4) is 0 Å². The van der Waals surface area contributed by atoms with Crippen molar-refractivity contribution >= 4 is 17.4 Å². The molecule has 0 amide bonds. The number of benzene rings is 1. The summed E-state index contributed by atoms with van der Waals surface area (Å²) in [5.74, 6) is 1.61. The van der Waals surface area contributed by atoms with E-state index in [2.05, 4.69) is 49.7 Å². The van der Waals surface area contributed by atoms with Crippen LogP contribution in [-0.2, 0) is 0 Å². The molecule has 1 fully saturated rings. The van der Waals surface area contributed by atoms with Crippen LogP contribution in [0.15, 0.2) is 29.2 Å². The molecule has 0 heterocycles. The lowest BCUT2D eigenvalue weighted by Gasteiger charge is -2.35. The first-order valence-corrected chi connectivity index (χ1v) is 8.34. The Bertz CT molecular complexity index is 375. The molecule has 1 aliphatic carbocycles. The zero-order chi connectivity index (χ0) is 13.0. The van der Waals surface area contributed by atoms with E-state index in [0.29, 0.717) is 6.04 Å². The van der Waals surface area contributed by atoms with Gasteiger partial charge in [0.2, 0.25) is 0 Å². The molecule has 2 atom stereocenters. The molecular weight excluding hydrogens is 238 g/mol. The molecular formula is C16H25NS. The van der Waals surface area contributed by atoms with Gasteiger partial charge in [-0.15, -0.1) is 11.8 Å². The lowest BCUT2D eigenvalue weighted by Crippen LogP contribution is -2.35. The number of nitrogens with one attached hydrogen (secondary N) is 1. The summed E-state index contributed by atoms with van der Waals surface area (Å²) in [5.41, 5.74) is 1.29. The molecule has 1 aromatic rings. The van der Waals surface area contributed by atoms with Crippen LogP contribution in [-0.4, -0.2) is 12.3 Å². The molecule has 1 saturated carbocycles. The summed E-state index contributed by atoms with van der Waals surface area (Å²) in [5, 5.41) is 3.77. The lowest BCUT2D eigenvalue weighted by molar-refractivity contribution is 0.254. The second-order valence-electron chi connectivity index (χ2n) is 5.68. The lowest BCUT2D eigenvalue weighted by atomic mass is 9.78. The molecule has 2 heteroatoms. The minimum atomic E-state index is 0.663. The van der Waals surface area contributed by atoms with Crippen LogP contribution in [0.5, 0.6) is 0 Å². The fourth-order valence-electron chi connectivity index (χ4n) is 3.06. The van der Waals surface area contributed by atoms with Crippen molar-refractivity contribution in [2.75, 3.05) is 11.6 Å². The first kappa shape index (κ1) is 13.8. The van der Waals surface area contributed by atoms with Gasteiger partial charge in [-0.2, -0.15) is 0 Å². The predicted molar refractivity (Wildman–Crippen MR) is 82.4 cm³/mol. The Morgan fingerprint density at radius 2 is 2.00 bits per heavy atom. The zero-order valence-corrected chi connectivity index (χ0v) is 12.6. The van der Waals surface area contributed by atoms with E-state index in [1.807, 2.05) is 11.8 Å². The van der Waals surface area contributed by atoms with Crippen molar-refractivity contribution in [1.82, 2.24) is 0 Å². The highest BCUT2D eigenvalue weighted by Crippen LogP contribution is 2.32. The standard InChI is InChI=1S/C16H25NS/c1-12(2)15-9-4-5-10-16(15)17-13-7-6-8-14(11-13)18-3/h6-8,11-12,15-17H,4-5,9-10H2,1-3H3. The number of hydrogen-bond donors (Lipinski definition) is 1. The maximum absolute atomic E-state index is 3.77. The van der Waals surface area contributed by atoms with E-state index in [0.717, 1.165) is 11.8 Å². The third kappa shape index (κ3) is 3.44. The zero-order valence-electron chi connectivity index (χ0n) is 11.8. The molecule has 0 spiro atoms. The summed E-state index contributed by atoms with van der Waals surface area (Å²) in [6, 6.07) is 9.47. The Balaban J connectivity index is 2.05. The number of rotatable bonds is 4. The molecule has 0 aliphatic heterocycles. The van der Waals surface area contributed by atoms with Crippen LogP contribution in [0.2, 0.25) is 0 Å². The fourth-order valence-corrected chi connectivity index (χ4v) is 3.52. The van der Waals surface area contributed by atoms with E-state index in [1.54, 1.807) is 0 Å². The molecule has 0 bridgehead atoms. The Labute approximate surface area is 116 Å². The Hall–Kier alpha value is -0.630. The van der Waals surface area contributed by atoms with E-state index in [9.17, 15) is 0 Å². The molecule has 0 radical (unpaired) electrons. The highest BCUT2D eigenvalue weighted by molar-refractivity contribution is 7.98. The number of thioether (sulfide) groups is 1. The molecule has 2 unspecified atom stereocenters. The van der Waals surface area contributed by atoms with Gasteiger partial charge in [-0.25, -0.2) is 0 Å². The largest absolute Gasteiger partial charge is 0.382 e. The SMILES string of the molecule is CSc1cccc(NC2CCCCC2C(C)C)c1. The van der Waals surface area contributed by atoms with Crippen molar-refractivity contribution in [2.24, 2.45) is 11.8 Å². The molecule has 18 heavy (non-hydrogen) atoms. The van der Waals surface area contributed by atoms with Crippen LogP contribution in [0.4, 0.5) is 5.69 Å². The molecule has 1 nitrogen and oxygen atoms in total. The Kier molecular flexibility index (Phi) is 4.99. The van der Waals surface area contributed by atoms with Gasteiger partial charge in [0.1, 0.15) is 0 Å². The van der Waals surface area contributed by atoms with Crippen LogP contribution in [0, 0.1) is 11.8 Å². The predicted octanol–water partition coefficient (Wildman–Crippen LogP) is 5.04. The van der Waals surface area contributed by atoms with Gasteiger partial charge in [-0.05, 0) is 49.1 Å². The Morgan fingerprint density at radius 1 is 1.22 bits per heavy atom. The van der Waals surface area contributed by atoms with Crippen molar-refractivity contribution in [1.29, 1.82) is 0 Å². The summed E-state index contributed by atoms with van der Waals surface area (Å²) >= 11 is 1.81. The monoisotopic (exact) mass is 263 g/mol. The quantitative estimate of drug-likeness (QED) is 0.764. The molecule has 0 saturated heterocycles. The second-order valence-corrected chi connectivity index (χ2v) is 6.55. The van der Waals surface area contributed by atoms with E-state index >= 15 is 0 Å². The molecule has 1 aliphatic rings. The van der Waals surface area contributed by atoms with Crippen LogP contribution in [0.3, 0.4) is 0 Å². The van der Waals surface area contributed by atoms with Gasteiger partial charge >= 0.3 is 0 Å². The van der Waals surface area contributed by atoms with Gasteiger partial charge in [0.25, 0.3) is 0 Å². The topological polar surface area (TPSA) is 12.0 Å². The van der Waals surface area contributed by atoms with E-state index in [1.165, 1.54) is 36.3 Å². The molecule has 100 valence electrons. The minimum absolute atomic E-state index is 0.663. The molecule has 1 N–H and O–H groups in total. The summed E-state index contributed by atoms with van der Waals surface area (Å²) in [6.45, 7) is 4.73. The van der Waals surface area contributed by atoms with Gasteiger partial charge in [-0.3, -0.25) is 0 Å². The Morgan fingerprint density at radius 3 is 2.72 bits per heavy atom. The first-order valence-electron chi connectivity index (χ1n) is 7.11. The second kappa shape index (κ2) is 6.51. The molecule has 1 aromatic carbocycles. The average molecular weight is 263 g/mol. The van der Waals surface area contributed by atoms with E-state index < -0.39 is 0 Å². The van der Waals surface area contributed by atoms with Crippen LogP contribution < -0.4 is 5.32 Å². The third-order valence-electron chi connectivity index (χ3n) is 4.10. The summed E-state index contributed by atoms with van der Waals surface area (Å²) < 4.78 is 0. The van der Waals surface area contributed by atoms with Gasteiger partial charge in [0, 0.05) is 16.6 Å². The minimum Gasteiger partial charge on any atom is -0.382 e. The highest BCUT2D eigenvalue weighted by Gasteiger charge is 2.27. The van der Waals surface area contributed by atoms with Crippen LogP contribution in [0.25, 0.3) is 0 Å². The maximum Gasteiger partial charge on any atom is 0.0353 e. The summed E-state index contributed by atoms with van der Waals surface area (Å²) in [7, 11) is 0. The van der Waals surface area contributed by atoms with Gasteiger partial charge in [0.05, 0.1) is 0 Å². The number of anilines is 1. The molecule has 0 aromatic heterocycles. The number of hydrogen-bond acceptors (Lipinski definition) is 2. The van der Waals surface area contributed by atoms with Gasteiger partial charge < -0.3 is 5.32 Å². The van der Waals surface area contributed by atoms with E-state index in [-0.39, 0.29) is 0 Å². The smallest absolute Gasteiger partial charge is 0.0353 e. The first-order chi connectivity index (χ1) is 8.70. The van der Waals surface area contributed by atoms with Crippen LogP contribution >= 0.6 is 11.8 Å². The fraction of sp³-hybridized carbons (Fsp3) is 0.625. The van der Waals surface area contributed by atoms with Crippen LogP contribution in [0.1, 0.15) is 39.5 Å². The maximum atomic E-state index is 3.77. The summed E-state index contributed by atoms with van der Waals surface area (Å²) in [4.78, 5) is 1.34. The average Bonchev–Trinajstić information content (AvgIpc) is 2.39. The third-order valence-corrected chi connectivity index (χ3v) is 4.82. The summed E-state index contributed by atoms with van der Waals surface area (Å²) in [6.07, 6.45) is 7.63. The van der Waals surface area contributed by atoms with Gasteiger partial charge in [0.15, 0.2) is 0 Å². The highest BCUT2D eigenvalue weighted by atomic mass is 32.2. The van der Waals surface area contributed by atoms with Crippen molar-refractivity contribution in [2.45, 2.75) is 50.5 Å².